The van der Waals surface area contributed by atoms with E-state index in [1.165, 1.54) is 10.8 Å². The molecular formula is C45H30N4O. The van der Waals surface area contributed by atoms with Crippen molar-refractivity contribution in [3.05, 3.63) is 187 Å². The monoisotopic (exact) mass is 642 g/mol. The number of hydrogen-bond donors (Lipinski definition) is 1. The van der Waals surface area contributed by atoms with E-state index in [2.05, 4.69) is 143 Å². The van der Waals surface area contributed by atoms with Crippen molar-refractivity contribution < 1.29 is 4.42 Å². The predicted molar refractivity (Wildman–Crippen MR) is 205 cm³/mol. The molecule has 0 radical (unpaired) electrons. The number of fused-ring (bicyclic) bond motifs is 6. The van der Waals surface area contributed by atoms with Crippen LogP contribution in [-0.4, -0.2) is 16.2 Å². The van der Waals surface area contributed by atoms with E-state index in [0.29, 0.717) is 5.84 Å². The molecule has 9 aromatic rings. The summed E-state index contributed by atoms with van der Waals surface area (Å²) >= 11 is 0. The molecule has 1 aliphatic heterocycles. The second kappa shape index (κ2) is 11.5. The van der Waals surface area contributed by atoms with Crippen molar-refractivity contribution in [3.63, 3.8) is 0 Å². The molecule has 50 heavy (non-hydrogen) atoms. The van der Waals surface area contributed by atoms with Crippen LogP contribution in [0.4, 0.5) is 0 Å². The van der Waals surface area contributed by atoms with Crippen LogP contribution in [0.2, 0.25) is 0 Å². The molecule has 0 aliphatic carbocycles. The minimum Gasteiger partial charge on any atom is -0.456 e. The van der Waals surface area contributed by atoms with Gasteiger partial charge in [0.15, 0.2) is 12.0 Å². The first-order valence-electron chi connectivity index (χ1n) is 16.9. The molecule has 1 atom stereocenters. The first-order valence-corrected chi connectivity index (χ1v) is 16.9. The van der Waals surface area contributed by atoms with Gasteiger partial charge in [-0.05, 0) is 47.5 Å². The van der Waals surface area contributed by atoms with Crippen molar-refractivity contribution in [3.8, 4) is 16.8 Å². The van der Waals surface area contributed by atoms with Crippen molar-refractivity contribution in [2.45, 2.75) is 6.17 Å². The summed E-state index contributed by atoms with van der Waals surface area (Å²) in [7, 11) is 0. The lowest BCUT2D eigenvalue weighted by atomic mass is 10.0. The third-order valence-electron chi connectivity index (χ3n) is 9.67. The number of aliphatic imine (C=N–C) groups is 2. The Morgan fingerprint density at radius 1 is 0.500 bits per heavy atom. The van der Waals surface area contributed by atoms with Crippen molar-refractivity contribution in [1.29, 1.82) is 0 Å². The second-order valence-corrected chi connectivity index (χ2v) is 12.6. The topological polar surface area (TPSA) is 54.8 Å². The van der Waals surface area contributed by atoms with Crippen LogP contribution in [0.1, 0.15) is 22.9 Å². The van der Waals surface area contributed by atoms with E-state index in [1.807, 2.05) is 36.4 Å². The number of para-hydroxylation sites is 3. The molecule has 10 rings (SSSR count). The zero-order valence-corrected chi connectivity index (χ0v) is 27.0. The summed E-state index contributed by atoms with van der Waals surface area (Å²) in [6, 6.07) is 59.0. The molecule has 236 valence electrons. The molecule has 0 spiro atoms. The smallest absolute Gasteiger partial charge is 0.159 e. The van der Waals surface area contributed by atoms with Crippen LogP contribution >= 0.6 is 0 Å². The first kappa shape index (κ1) is 28.3. The third-order valence-corrected chi connectivity index (χ3v) is 9.67. The lowest BCUT2D eigenvalue weighted by molar-refractivity contribution is 0.626. The highest BCUT2D eigenvalue weighted by Gasteiger charge is 2.29. The van der Waals surface area contributed by atoms with Gasteiger partial charge in [-0.2, -0.15) is 0 Å². The van der Waals surface area contributed by atoms with Crippen molar-refractivity contribution in [1.82, 2.24) is 9.88 Å². The molecule has 2 aromatic heterocycles. The maximum atomic E-state index is 6.80. The quantitative estimate of drug-likeness (QED) is 0.203. The van der Waals surface area contributed by atoms with Crippen molar-refractivity contribution in [2.24, 2.45) is 9.98 Å². The Kier molecular flexibility index (Phi) is 6.49. The molecule has 3 heterocycles. The fourth-order valence-electron chi connectivity index (χ4n) is 7.38. The van der Waals surface area contributed by atoms with Crippen molar-refractivity contribution in [2.75, 3.05) is 0 Å². The summed E-state index contributed by atoms with van der Waals surface area (Å²) in [6.45, 7) is 0. The van der Waals surface area contributed by atoms with E-state index in [0.717, 1.165) is 72.3 Å². The van der Waals surface area contributed by atoms with Gasteiger partial charge in [0.05, 0.1) is 22.3 Å². The Balaban J connectivity index is 1.25. The van der Waals surface area contributed by atoms with Crippen LogP contribution in [-0.2, 0) is 0 Å². The van der Waals surface area contributed by atoms with E-state index >= 15 is 0 Å². The lowest BCUT2D eigenvalue weighted by Gasteiger charge is -2.26. The number of nitrogens with zero attached hydrogens (tertiary/aromatic N) is 3. The van der Waals surface area contributed by atoms with Gasteiger partial charge < -0.3 is 14.3 Å². The molecule has 0 saturated carbocycles. The Morgan fingerprint density at radius 3 is 1.84 bits per heavy atom. The van der Waals surface area contributed by atoms with Gasteiger partial charge >= 0.3 is 0 Å². The molecule has 1 N–H and O–H groups in total. The summed E-state index contributed by atoms with van der Waals surface area (Å²) in [4.78, 5) is 10.5. The van der Waals surface area contributed by atoms with Crippen LogP contribution in [0, 0.1) is 0 Å². The van der Waals surface area contributed by atoms with Gasteiger partial charge in [0, 0.05) is 32.7 Å². The van der Waals surface area contributed by atoms with E-state index in [1.54, 1.807) is 0 Å². The largest absolute Gasteiger partial charge is 0.456 e. The third kappa shape index (κ3) is 4.55. The van der Waals surface area contributed by atoms with Crippen molar-refractivity contribution >= 4 is 55.4 Å². The summed E-state index contributed by atoms with van der Waals surface area (Å²) in [5.41, 5.74) is 10.1. The summed E-state index contributed by atoms with van der Waals surface area (Å²) < 4.78 is 9.15. The molecule has 0 fully saturated rings. The highest BCUT2D eigenvalue weighted by atomic mass is 16.3. The highest BCUT2D eigenvalue weighted by molar-refractivity contribution is 6.15. The molecular weight excluding hydrogens is 613 g/mol. The van der Waals surface area contributed by atoms with Crippen LogP contribution in [0.3, 0.4) is 0 Å². The average molecular weight is 643 g/mol. The number of nitrogens with one attached hydrogen (secondary N) is 1. The number of aromatic nitrogens is 1. The maximum absolute atomic E-state index is 6.80. The van der Waals surface area contributed by atoms with Gasteiger partial charge in [0.1, 0.15) is 17.0 Å². The van der Waals surface area contributed by atoms with E-state index < -0.39 is 6.17 Å². The predicted octanol–water partition coefficient (Wildman–Crippen LogP) is 10.8. The Hall–Kier alpha value is -6.72. The number of hydrogen-bond acceptors (Lipinski definition) is 4. The number of rotatable bonds is 5. The average Bonchev–Trinajstić information content (AvgIpc) is 3.74. The van der Waals surface area contributed by atoms with Gasteiger partial charge in [0.25, 0.3) is 0 Å². The van der Waals surface area contributed by atoms with Crippen LogP contribution in [0.5, 0.6) is 0 Å². The van der Waals surface area contributed by atoms with Gasteiger partial charge in [-0.3, -0.25) is 0 Å². The van der Waals surface area contributed by atoms with Gasteiger partial charge in [0.2, 0.25) is 0 Å². The van der Waals surface area contributed by atoms with Crippen LogP contribution in [0.25, 0.3) is 60.6 Å². The zero-order chi connectivity index (χ0) is 33.0. The number of furan rings is 1. The van der Waals surface area contributed by atoms with Crippen LogP contribution < -0.4 is 5.32 Å². The Labute approximate surface area is 288 Å². The molecule has 5 nitrogen and oxygen atoms in total. The van der Waals surface area contributed by atoms with E-state index in [-0.39, 0.29) is 0 Å². The first-order chi connectivity index (χ1) is 24.8. The van der Waals surface area contributed by atoms with Gasteiger partial charge in [-0.25, -0.2) is 9.98 Å². The van der Waals surface area contributed by atoms with E-state index in [4.69, 9.17) is 14.4 Å². The summed E-state index contributed by atoms with van der Waals surface area (Å²) in [5.74, 6) is 1.42. The standard InChI is InChI=1S/C45H30N4O/c1-3-14-29(15-4-1)31-18-13-19-32(28-31)44-46-43(30-16-5-2-6-17-30)47-45(48-44)41-39(27-26-36-35-22-9-12-25-40(35)50-42(36)41)49-37-23-10-7-20-33(37)34-21-8-11-24-38(34)49/h1-28,45H,(H,46,47,48). The minimum absolute atomic E-state index is 0.516. The number of benzene rings is 7. The zero-order valence-electron chi connectivity index (χ0n) is 27.0. The second-order valence-electron chi connectivity index (χ2n) is 12.6. The lowest BCUT2D eigenvalue weighted by Crippen LogP contribution is -2.34. The molecule has 7 aromatic carbocycles. The molecule has 0 amide bonds. The summed E-state index contributed by atoms with van der Waals surface area (Å²) in [5, 5.41) is 8.31. The van der Waals surface area contributed by atoms with Gasteiger partial charge in [-0.1, -0.05) is 133 Å². The maximum Gasteiger partial charge on any atom is 0.159 e. The number of amidine groups is 2. The highest BCUT2D eigenvalue weighted by Crippen LogP contribution is 2.41. The molecule has 0 saturated heterocycles. The molecule has 1 aliphatic rings. The Bertz CT molecular complexity index is 2740. The fourth-order valence-corrected chi connectivity index (χ4v) is 7.38. The summed E-state index contributed by atoms with van der Waals surface area (Å²) in [6.07, 6.45) is -0.516. The molecule has 1 unspecified atom stereocenters. The molecule has 5 heteroatoms. The fraction of sp³-hybridized carbons (Fsp3) is 0.0222. The molecule has 0 bridgehead atoms. The Morgan fingerprint density at radius 2 is 1.10 bits per heavy atom. The normalized spacial score (nSPS) is 14.6. The van der Waals surface area contributed by atoms with Crippen LogP contribution in [0.15, 0.2) is 184 Å². The van der Waals surface area contributed by atoms with Gasteiger partial charge in [-0.15, -0.1) is 0 Å². The SMILES string of the molecule is c1ccc(C2=NC(c3c(-n4c5ccccc5c5ccccc54)ccc4c3oc3ccccc34)NC(c3cccc(-c4ccccc4)c3)=N2)cc1. The van der Waals surface area contributed by atoms with E-state index in [9.17, 15) is 0 Å². The minimum atomic E-state index is -0.516.